The lowest BCUT2D eigenvalue weighted by atomic mass is 10.1. The normalized spacial score (nSPS) is 13.2. The number of aliphatic carboxylic acids is 3. The van der Waals surface area contributed by atoms with Crippen LogP contribution in [0.25, 0.3) is 0 Å². The van der Waals surface area contributed by atoms with Gasteiger partial charge < -0.3 is 58.7 Å². The minimum atomic E-state index is -1.68. The summed E-state index contributed by atoms with van der Waals surface area (Å²) in [4.78, 5) is 93.8. The van der Waals surface area contributed by atoms with Gasteiger partial charge in [-0.3, -0.25) is 39.0 Å². The molecule has 0 bridgehead atoms. The third-order valence-corrected chi connectivity index (χ3v) is 4.98. The van der Waals surface area contributed by atoms with Crippen LogP contribution in [0, 0.1) is 5.41 Å². The van der Waals surface area contributed by atoms with Crippen molar-refractivity contribution in [2.24, 2.45) is 11.5 Å². The van der Waals surface area contributed by atoms with Crippen molar-refractivity contribution in [3.05, 3.63) is 0 Å². The lowest BCUT2D eigenvalue weighted by Gasteiger charge is -2.20. The minimum Gasteiger partial charge on any atom is -0.481 e. The van der Waals surface area contributed by atoms with Gasteiger partial charge in [-0.05, 0) is 19.8 Å². The molecule has 4 atom stereocenters. The molecule has 14 N–H and O–H groups in total. The quantitative estimate of drug-likeness (QED) is 0.0379. The number of amides is 5. The summed E-state index contributed by atoms with van der Waals surface area (Å²) in [5, 5.41) is 47.1. The number of rotatable bonds is 19. The molecule has 41 heavy (non-hydrogen) atoms. The molecule has 0 aliphatic heterocycles. The molecular formula is C21H35N9O11. The van der Waals surface area contributed by atoms with Gasteiger partial charge >= 0.3 is 17.9 Å². The molecule has 0 heterocycles. The highest BCUT2D eigenvalue weighted by molar-refractivity contribution is 5.96. The van der Waals surface area contributed by atoms with E-state index < -0.39 is 97.5 Å². The van der Waals surface area contributed by atoms with E-state index >= 15 is 0 Å². The molecule has 0 saturated carbocycles. The van der Waals surface area contributed by atoms with Gasteiger partial charge in [-0.15, -0.1) is 0 Å². The zero-order chi connectivity index (χ0) is 31.7. The molecule has 0 aromatic rings. The summed E-state index contributed by atoms with van der Waals surface area (Å²) in [5.74, 6) is -9.31. The molecule has 230 valence electrons. The zero-order valence-electron chi connectivity index (χ0n) is 22.0. The van der Waals surface area contributed by atoms with Crippen molar-refractivity contribution in [1.82, 2.24) is 31.9 Å². The van der Waals surface area contributed by atoms with Crippen LogP contribution < -0.4 is 43.4 Å². The van der Waals surface area contributed by atoms with E-state index in [4.69, 9.17) is 27.1 Å². The standard InChI is InChI=1S/C21H35N9O11/c1-9(17(37)26-7-13(31)29-11(20(40)41)3-2-4-25-21(23)24)28-19(39)12(6-16(35)36)30-14(32)8-27-18(38)10(22)5-15(33)34/h9-12H,2-8,22H2,1H3,(H,26,37)(H,27,38)(H,28,39)(H,29,31)(H,30,32)(H,33,34)(H,35,36)(H,40,41)(H4,23,24,25)/t9-,10-,11-,12-/m0/s1. The van der Waals surface area contributed by atoms with Crippen molar-refractivity contribution in [2.45, 2.75) is 56.8 Å². The fourth-order valence-corrected chi connectivity index (χ4v) is 2.94. The Morgan fingerprint density at radius 1 is 0.732 bits per heavy atom. The molecule has 0 spiro atoms. The van der Waals surface area contributed by atoms with Crippen LogP contribution in [-0.4, -0.2) is 113 Å². The first-order valence-corrected chi connectivity index (χ1v) is 12.0. The van der Waals surface area contributed by atoms with Crippen molar-refractivity contribution in [3.8, 4) is 0 Å². The van der Waals surface area contributed by atoms with E-state index in [1.807, 2.05) is 5.32 Å². The average molecular weight is 590 g/mol. The topological polar surface area (TPSA) is 345 Å². The number of carbonyl (C=O) groups is 8. The molecule has 0 fully saturated rings. The first-order valence-electron chi connectivity index (χ1n) is 12.0. The minimum absolute atomic E-state index is 0.00271. The zero-order valence-corrected chi connectivity index (χ0v) is 22.0. The van der Waals surface area contributed by atoms with Crippen molar-refractivity contribution in [3.63, 3.8) is 0 Å². The Morgan fingerprint density at radius 3 is 1.73 bits per heavy atom. The van der Waals surface area contributed by atoms with E-state index in [1.54, 1.807) is 0 Å². The highest BCUT2D eigenvalue weighted by Gasteiger charge is 2.27. The van der Waals surface area contributed by atoms with E-state index in [-0.39, 0.29) is 25.3 Å². The van der Waals surface area contributed by atoms with E-state index in [0.717, 1.165) is 0 Å². The predicted molar refractivity (Wildman–Crippen MR) is 137 cm³/mol. The Hall–Kier alpha value is -5.01. The molecular weight excluding hydrogens is 554 g/mol. The van der Waals surface area contributed by atoms with E-state index in [2.05, 4.69) is 26.6 Å². The molecule has 0 aliphatic carbocycles. The Labute approximate surface area is 232 Å². The summed E-state index contributed by atoms with van der Waals surface area (Å²) >= 11 is 0. The second-order valence-corrected chi connectivity index (χ2v) is 8.53. The number of carboxylic acid groups (broad SMARTS) is 3. The SMILES string of the molecule is C[C@H](NC(=O)[C@H](CC(=O)O)NC(=O)CNC(=O)[C@@H](N)CC(=O)O)C(=O)NCC(=O)N[C@@H](CCCNC(=N)N)C(=O)O. The number of hydrogen-bond donors (Lipinski definition) is 12. The summed E-state index contributed by atoms with van der Waals surface area (Å²) in [5.41, 5.74) is 10.5. The number of hydrogen-bond acceptors (Lipinski definition) is 10. The lowest BCUT2D eigenvalue weighted by Crippen LogP contribution is -2.55. The molecule has 0 radical (unpaired) electrons. The van der Waals surface area contributed by atoms with Crippen LogP contribution in [0.5, 0.6) is 0 Å². The van der Waals surface area contributed by atoms with Crippen molar-refractivity contribution >= 4 is 53.4 Å². The number of nitrogens with one attached hydrogen (secondary N) is 7. The van der Waals surface area contributed by atoms with Gasteiger partial charge in [0.1, 0.15) is 18.1 Å². The maximum Gasteiger partial charge on any atom is 0.326 e. The maximum absolute atomic E-state index is 12.5. The Morgan fingerprint density at radius 2 is 1.24 bits per heavy atom. The van der Waals surface area contributed by atoms with Crippen LogP contribution in [0.2, 0.25) is 0 Å². The summed E-state index contributed by atoms with van der Waals surface area (Å²) in [6.07, 6.45) is -1.36. The Balaban J connectivity index is 4.85. The largest absolute Gasteiger partial charge is 0.481 e. The highest BCUT2D eigenvalue weighted by atomic mass is 16.4. The van der Waals surface area contributed by atoms with Gasteiger partial charge in [-0.25, -0.2) is 4.79 Å². The van der Waals surface area contributed by atoms with Crippen molar-refractivity contribution < 1.29 is 53.7 Å². The van der Waals surface area contributed by atoms with Crippen LogP contribution in [-0.2, 0) is 38.4 Å². The Kier molecular flexibility index (Phi) is 16.1. The first kappa shape index (κ1) is 36.0. The van der Waals surface area contributed by atoms with E-state index in [1.165, 1.54) is 6.92 Å². The van der Waals surface area contributed by atoms with Gasteiger partial charge in [0.15, 0.2) is 5.96 Å². The Bertz CT molecular complexity index is 1020. The number of nitrogens with two attached hydrogens (primary N) is 2. The lowest BCUT2D eigenvalue weighted by molar-refractivity contribution is -0.142. The second kappa shape index (κ2) is 18.3. The third kappa shape index (κ3) is 16.5. The maximum atomic E-state index is 12.5. The van der Waals surface area contributed by atoms with Crippen LogP contribution >= 0.6 is 0 Å². The summed E-state index contributed by atoms with van der Waals surface area (Å²) < 4.78 is 0. The average Bonchev–Trinajstić information content (AvgIpc) is 2.85. The van der Waals surface area contributed by atoms with Gasteiger partial charge in [0.2, 0.25) is 29.5 Å². The van der Waals surface area contributed by atoms with Crippen LogP contribution in [0.15, 0.2) is 0 Å². The monoisotopic (exact) mass is 589 g/mol. The van der Waals surface area contributed by atoms with Crippen LogP contribution in [0.1, 0.15) is 32.6 Å². The first-order chi connectivity index (χ1) is 19.0. The molecule has 0 rings (SSSR count). The van der Waals surface area contributed by atoms with E-state index in [0.29, 0.717) is 0 Å². The molecule has 0 aromatic heterocycles. The highest BCUT2D eigenvalue weighted by Crippen LogP contribution is 1.98. The fourth-order valence-electron chi connectivity index (χ4n) is 2.94. The van der Waals surface area contributed by atoms with E-state index in [9.17, 15) is 43.5 Å². The van der Waals surface area contributed by atoms with Gasteiger partial charge in [-0.1, -0.05) is 0 Å². The van der Waals surface area contributed by atoms with Crippen molar-refractivity contribution in [2.75, 3.05) is 19.6 Å². The summed E-state index contributed by atoms with van der Waals surface area (Å²) in [6.45, 7) is -0.0302. The molecule has 0 saturated heterocycles. The summed E-state index contributed by atoms with van der Waals surface area (Å²) in [6, 6.07) is -5.75. The molecule has 5 amide bonds. The van der Waals surface area contributed by atoms with Crippen LogP contribution in [0.3, 0.4) is 0 Å². The van der Waals surface area contributed by atoms with Gasteiger partial charge in [0, 0.05) is 6.54 Å². The molecule has 20 nitrogen and oxygen atoms in total. The fraction of sp³-hybridized carbons (Fsp3) is 0.571. The molecule has 0 aliphatic rings. The van der Waals surface area contributed by atoms with Crippen LogP contribution in [0.4, 0.5) is 0 Å². The van der Waals surface area contributed by atoms with Gasteiger partial charge in [-0.2, -0.15) is 0 Å². The number of guanidine groups is 1. The second-order valence-electron chi connectivity index (χ2n) is 8.53. The predicted octanol–water partition coefficient (Wildman–Crippen LogP) is -5.68. The molecule has 0 aromatic carbocycles. The molecule has 20 heteroatoms. The third-order valence-electron chi connectivity index (χ3n) is 4.98. The van der Waals surface area contributed by atoms with Gasteiger partial charge in [0.25, 0.3) is 0 Å². The molecule has 0 unspecified atom stereocenters. The van der Waals surface area contributed by atoms with Crippen molar-refractivity contribution in [1.29, 1.82) is 5.41 Å². The number of carboxylic acids is 3. The summed E-state index contributed by atoms with van der Waals surface area (Å²) in [7, 11) is 0. The van der Waals surface area contributed by atoms with Gasteiger partial charge in [0.05, 0.1) is 32.0 Å². The number of carbonyl (C=O) groups excluding carboxylic acids is 5. The smallest absolute Gasteiger partial charge is 0.326 e.